The zero-order chi connectivity index (χ0) is 17.5. The van der Waals surface area contributed by atoms with Crippen LogP contribution < -0.4 is 14.8 Å². The van der Waals surface area contributed by atoms with E-state index in [0.29, 0.717) is 23.0 Å². The Hall–Kier alpha value is -1.80. The molecule has 2 rings (SSSR count). The van der Waals surface area contributed by atoms with Crippen molar-refractivity contribution in [3.63, 3.8) is 0 Å². The molecule has 130 valence electrons. The van der Waals surface area contributed by atoms with Gasteiger partial charge in [-0.05, 0) is 18.1 Å². The summed E-state index contributed by atoms with van der Waals surface area (Å²) in [6.07, 6.45) is 0. The molecule has 2 aromatic rings. The Balaban J connectivity index is 1.96. The number of Topliss-reactive ketones (excluding diaryl/α,β-unsaturated/α-hetero) is 1. The van der Waals surface area contributed by atoms with E-state index in [4.69, 9.17) is 9.47 Å². The molecule has 0 aliphatic heterocycles. The molecule has 0 aliphatic rings. The summed E-state index contributed by atoms with van der Waals surface area (Å²) in [5.74, 6) is 1.96. The Morgan fingerprint density at radius 2 is 2.08 bits per heavy atom. The molecule has 1 N–H and O–H groups in total. The molecule has 24 heavy (non-hydrogen) atoms. The molecule has 0 saturated heterocycles. The third-order valence-corrected chi connectivity index (χ3v) is 5.12. The van der Waals surface area contributed by atoms with Gasteiger partial charge in [0.2, 0.25) is 5.13 Å². The third kappa shape index (κ3) is 5.10. The second-order valence-corrected chi connectivity index (χ2v) is 7.63. The van der Waals surface area contributed by atoms with Crippen LogP contribution >= 0.6 is 23.1 Å². The van der Waals surface area contributed by atoms with Gasteiger partial charge in [0.25, 0.3) is 0 Å². The molecular weight excluding hydrogens is 346 g/mol. The van der Waals surface area contributed by atoms with Gasteiger partial charge in [0, 0.05) is 12.6 Å². The van der Waals surface area contributed by atoms with E-state index in [-0.39, 0.29) is 11.5 Å². The van der Waals surface area contributed by atoms with E-state index >= 15 is 0 Å². The Bertz CT molecular complexity index is 689. The van der Waals surface area contributed by atoms with Crippen molar-refractivity contribution in [2.75, 3.05) is 31.8 Å². The smallest absolute Gasteiger partial charge is 0.206 e. The van der Waals surface area contributed by atoms with Crippen LogP contribution in [0.5, 0.6) is 11.5 Å². The predicted octanol–water partition coefficient (Wildman–Crippen LogP) is 3.60. The molecule has 6 nitrogen and oxygen atoms in total. The van der Waals surface area contributed by atoms with Crippen molar-refractivity contribution in [3.05, 3.63) is 23.8 Å². The molecule has 1 heterocycles. The first kappa shape index (κ1) is 18.5. The van der Waals surface area contributed by atoms with Gasteiger partial charge in [-0.25, -0.2) is 0 Å². The fourth-order valence-corrected chi connectivity index (χ4v) is 3.51. The van der Waals surface area contributed by atoms with Crippen molar-refractivity contribution in [2.24, 2.45) is 5.92 Å². The van der Waals surface area contributed by atoms with Crippen molar-refractivity contribution < 1.29 is 14.3 Å². The standard InChI is InChI=1S/C16H21N3O3S2/c1-10(2)8-17-15-18-19-16(24-15)23-9-13(20)12-6-5-11(21-3)7-14(12)22-4/h5-7,10H,8-9H2,1-4H3,(H,17,18). The maximum atomic E-state index is 12.4. The average molecular weight is 367 g/mol. The Labute approximate surface area is 150 Å². The predicted molar refractivity (Wildman–Crippen MR) is 97.8 cm³/mol. The number of hydrogen-bond donors (Lipinski definition) is 1. The highest BCUT2D eigenvalue weighted by molar-refractivity contribution is 8.01. The summed E-state index contributed by atoms with van der Waals surface area (Å²) in [5.41, 5.74) is 0.536. The highest BCUT2D eigenvalue weighted by Crippen LogP contribution is 2.29. The molecule has 0 radical (unpaired) electrons. The molecule has 0 amide bonds. The van der Waals surface area contributed by atoms with Crippen LogP contribution in [0.15, 0.2) is 22.5 Å². The lowest BCUT2D eigenvalue weighted by molar-refractivity contribution is 0.101. The van der Waals surface area contributed by atoms with Gasteiger partial charge in [-0.3, -0.25) is 4.79 Å². The number of ketones is 1. The second-order valence-electron chi connectivity index (χ2n) is 5.43. The van der Waals surface area contributed by atoms with Gasteiger partial charge >= 0.3 is 0 Å². The lowest BCUT2D eigenvalue weighted by atomic mass is 10.1. The molecule has 0 aliphatic carbocycles. The first-order valence-electron chi connectivity index (χ1n) is 7.49. The van der Waals surface area contributed by atoms with Crippen LogP contribution in [-0.4, -0.2) is 42.5 Å². The maximum absolute atomic E-state index is 12.4. The lowest BCUT2D eigenvalue weighted by Crippen LogP contribution is -2.07. The minimum absolute atomic E-state index is 0.0219. The van der Waals surface area contributed by atoms with E-state index < -0.39 is 0 Å². The van der Waals surface area contributed by atoms with Crippen LogP contribution in [0.2, 0.25) is 0 Å². The van der Waals surface area contributed by atoms with E-state index in [9.17, 15) is 4.79 Å². The second kappa shape index (κ2) is 8.89. The molecule has 0 spiro atoms. The Morgan fingerprint density at radius 3 is 2.75 bits per heavy atom. The molecule has 0 unspecified atom stereocenters. The van der Waals surface area contributed by atoms with Gasteiger partial charge in [-0.2, -0.15) is 0 Å². The third-order valence-electron chi connectivity index (χ3n) is 3.10. The minimum Gasteiger partial charge on any atom is -0.497 e. The molecule has 1 aromatic carbocycles. The fraction of sp³-hybridized carbons (Fsp3) is 0.438. The topological polar surface area (TPSA) is 73.3 Å². The van der Waals surface area contributed by atoms with E-state index in [2.05, 4.69) is 29.4 Å². The summed E-state index contributed by atoms with van der Waals surface area (Å²) < 4.78 is 11.2. The number of carbonyl (C=O) groups excluding carboxylic acids is 1. The van der Waals surface area contributed by atoms with Crippen molar-refractivity contribution in [1.82, 2.24) is 10.2 Å². The van der Waals surface area contributed by atoms with Gasteiger partial charge in [0.1, 0.15) is 11.5 Å². The minimum atomic E-state index is -0.0219. The first-order chi connectivity index (χ1) is 11.5. The lowest BCUT2D eigenvalue weighted by Gasteiger charge is -2.09. The van der Waals surface area contributed by atoms with E-state index in [1.165, 1.54) is 30.2 Å². The van der Waals surface area contributed by atoms with E-state index in [1.54, 1.807) is 25.3 Å². The number of nitrogens with one attached hydrogen (secondary N) is 1. The van der Waals surface area contributed by atoms with Crippen LogP contribution in [0, 0.1) is 5.92 Å². The van der Waals surface area contributed by atoms with Gasteiger partial charge in [-0.15, -0.1) is 10.2 Å². The van der Waals surface area contributed by atoms with Crippen LogP contribution in [0.4, 0.5) is 5.13 Å². The monoisotopic (exact) mass is 367 g/mol. The van der Waals surface area contributed by atoms with Gasteiger partial charge < -0.3 is 14.8 Å². The van der Waals surface area contributed by atoms with Crippen molar-refractivity contribution in [3.8, 4) is 11.5 Å². The summed E-state index contributed by atoms with van der Waals surface area (Å²) in [5, 5.41) is 12.2. The SMILES string of the molecule is COc1ccc(C(=O)CSc2nnc(NCC(C)C)s2)c(OC)c1. The summed E-state index contributed by atoms with van der Waals surface area (Å²) in [4.78, 5) is 12.4. The number of rotatable bonds is 9. The van der Waals surface area contributed by atoms with E-state index in [1.807, 2.05) is 0 Å². The van der Waals surface area contributed by atoms with Crippen LogP contribution in [0.3, 0.4) is 0 Å². The summed E-state index contributed by atoms with van der Waals surface area (Å²) >= 11 is 2.83. The summed E-state index contributed by atoms with van der Waals surface area (Å²) in [7, 11) is 3.11. The van der Waals surface area contributed by atoms with E-state index in [0.717, 1.165) is 16.0 Å². The first-order valence-corrected chi connectivity index (χ1v) is 9.29. The zero-order valence-electron chi connectivity index (χ0n) is 14.2. The number of thioether (sulfide) groups is 1. The van der Waals surface area contributed by atoms with Gasteiger partial charge in [0.15, 0.2) is 10.1 Å². The number of aromatic nitrogens is 2. The molecule has 0 bridgehead atoms. The molecule has 0 saturated carbocycles. The molecule has 8 heteroatoms. The number of hydrogen-bond acceptors (Lipinski definition) is 8. The number of carbonyl (C=O) groups is 1. The van der Waals surface area contributed by atoms with Crippen LogP contribution in [0.1, 0.15) is 24.2 Å². The largest absolute Gasteiger partial charge is 0.497 e. The highest BCUT2D eigenvalue weighted by Gasteiger charge is 2.15. The average Bonchev–Trinajstić information content (AvgIpc) is 3.05. The quantitative estimate of drug-likeness (QED) is 0.536. The normalized spacial score (nSPS) is 10.7. The van der Waals surface area contributed by atoms with Crippen LogP contribution in [0.25, 0.3) is 0 Å². The fourth-order valence-electron chi connectivity index (χ4n) is 1.86. The molecule has 1 aromatic heterocycles. The number of methoxy groups -OCH3 is 2. The maximum Gasteiger partial charge on any atom is 0.206 e. The Morgan fingerprint density at radius 1 is 1.29 bits per heavy atom. The molecular formula is C16H21N3O3S2. The van der Waals surface area contributed by atoms with Crippen molar-refractivity contribution in [2.45, 2.75) is 18.2 Å². The van der Waals surface area contributed by atoms with Crippen molar-refractivity contribution in [1.29, 1.82) is 0 Å². The number of ether oxygens (including phenoxy) is 2. The zero-order valence-corrected chi connectivity index (χ0v) is 15.8. The van der Waals surface area contributed by atoms with Gasteiger partial charge in [-0.1, -0.05) is 36.9 Å². The van der Waals surface area contributed by atoms with Crippen molar-refractivity contribution >= 4 is 34.0 Å². The molecule has 0 atom stereocenters. The van der Waals surface area contributed by atoms with Gasteiger partial charge in [0.05, 0.1) is 25.5 Å². The Kier molecular flexibility index (Phi) is 6.86. The summed E-state index contributed by atoms with van der Waals surface area (Å²) in [6.45, 7) is 5.11. The highest BCUT2D eigenvalue weighted by atomic mass is 32.2. The number of nitrogens with zero attached hydrogens (tertiary/aromatic N) is 2. The van der Waals surface area contributed by atoms with Crippen LogP contribution in [-0.2, 0) is 0 Å². The number of benzene rings is 1. The number of anilines is 1. The summed E-state index contributed by atoms with van der Waals surface area (Å²) in [6, 6.07) is 5.17. The molecule has 0 fully saturated rings.